The number of hydrogen-bond donors (Lipinski definition) is 0. The summed E-state index contributed by atoms with van der Waals surface area (Å²) in [6.07, 6.45) is 6.73. The Labute approximate surface area is 304 Å². The van der Waals surface area contributed by atoms with E-state index in [1.165, 1.54) is 45.2 Å². The molecule has 2 atom stereocenters. The van der Waals surface area contributed by atoms with E-state index < -0.39 is 0 Å². The Morgan fingerprint density at radius 2 is 1.55 bits per heavy atom. The fourth-order valence-corrected chi connectivity index (χ4v) is 8.17. The highest BCUT2D eigenvalue weighted by atomic mass is 16.5. The first-order chi connectivity index (χ1) is 24.1. The second-order valence-corrected chi connectivity index (χ2v) is 17.2. The average Bonchev–Trinajstić information content (AvgIpc) is 3.59. The summed E-state index contributed by atoms with van der Waals surface area (Å²) in [5.74, 6) is 3.77. The minimum atomic E-state index is -0.111. The molecule has 0 radical (unpaired) electrons. The minimum Gasteiger partial charge on any atom is -0.457 e. The molecule has 0 saturated heterocycles. The van der Waals surface area contributed by atoms with E-state index in [2.05, 4.69) is 164 Å². The third-order valence-electron chi connectivity index (χ3n) is 10.8. The van der Waals surface area contributed by atoms with Crippen molar-refractivity contribution in [2.45, 2.75) is 112 Å². The van der Waals surface area contributed by atoms with E-state index in [0.717, 1.165) is 46.2 Å². The van der Waals surface area contributed by atoms with Gasteiger partial charge in [0.2, 0.25) is 0 Å². The molecule has 6 aromatic rings. The average molecular weight is 679 g/mol. The highest BCUT2D eigenvalue weighted by molar-refractivity contribution is 6.09. The Kier molecular flexibility index (Phi) is 8.76. The second kappa shape index (κ2) is 12.8. The maximum Gasteiger partial charge on any atom is 0.137 e. The Morgan fingerprint density at radius 3 is 2.25 bits per heavy atom. The first-order valence-corrected chi connectivity index (χ1v) is 18.7. The highest BCUT2D eigenvalue weighted by Gasteiger charge is 2.35. The van der Waals surface area contributed by atoms with Crippen LogP contribution in [0.15, 0.2) is 90.6 Å². The molecule has 1 aliphatic carbocycles. The van der Waals surface area contributed by atoms with Crippen LogP contribution in [0.4, 0.5) is 0 Å². The van der Waals surface area contributed by atoms with Gasteiger partial charge < -0.3 is 4.74 Å². The van der Waals surface area contributed by atoms with E-state index >= 15 is 0 Å². The molecule has 3 aromatic carbocycles. The summed E-state index contributed by atoms with van der Waals surface area (Å²) >= 11 is 0. The SMILES string of the molecule is CC1=CCC[C@H](C)C1c1c(C)nn(-c2cc(Oc3ccc4c5ccccc5n(-c5cc(C(C)(C)C)ccn5)c4c3)cc(C(C)C)c2)c1C(C)(C)C. The van der Waals surface area contributed by atoms with Crippen LogP contribution < -0.4 is 4.74 Å². The normalized spacial score (nSPS) is 17.1. The lowest BCUT2D eigenvalue weighted by atomic mass is 9.72. The predicted octanol–water partition coefficient (Wildman–Crippen LogP) is 12.6. The van der Waals surface area contributed by atoms with Gasteiger partial charge in [-0.1, -0.05) is 92.2 Å². The number of nitrogens with zero attached hydrogens (tertiary/aromatic N) is 4. The number of allylic oxidation sites excluding steroid dienone is 2. The highest BCUT2D eigenvalue weighted by Crippen LogP contribution is 2.45. The smallest absolute Gasteiger partial charge is 0.137 e. The lowest BCUT2D eigenvalue weighted by molar-refractivity contribution is 0.437. The molecule has 3 heterocycles. The molecule has 1 aliphatic rings. The topological polar surface area (TPSA) is 44.9 Å². The van der Waals surface area contributed by atoms with Crippen LogP contribution in [0.1, 0.15) is 122 Å². The van der Waals surface area contributed by atoms with Gasteiger partial charge in [0.25, 0.3) is 0 Å². The van der Waals surface area contributed by atoms with Crippen LogP contribution >= 0.6 is 0 Å². The van der Waals surface area contributed by atoms with E-state index in [1.807, 2.05) is 6.20 Å². The summed E-state index contributed by atoms with van der Waals surface area (Å²) in [7, 11) is 0. The van der Waals surface area contributed by atoms with Crippen molar-refractivity contribution < 1.29 is 4.74 Å². The fraction of sp³-hybridized carbons (Fsp3) is 0.391. The molecule has 264 valence electrons. The molecule has 5 heteroatoms. The van der Waals surface area contributed by atoms with Gasteiger partial charge in [0.05, 0.1) is 28.1 Å². The molecule has 7 rings (SSSR count). The first kappa shape index (κ1) is 34.8. The molecule has 0 amide bonds. The van der Waals surface area contributed by atoms with Crippen molar-refractivity contribution in [3.63, 3.8) is 0 Å². The lowest BCUT2D eigenvalue weighted by Crippen LogP contribution is -2.24. The number of ether oxygens (including phenoxy) is 1. The number of hydrogen-bond acceptors (Lipinski definition) is 3. The molecule has 0 spiro atoms. The summed E-state index contributed by atoms with van der Waals surface area (Å²) in [4.78, 5) is 4.87. The van der Waals surface area contributed by atoms with Crippen LogP contribution in [-0.4, -0.2) is 19.3 Å². The van der Waals surface area contributed by atoms with E-state index in [-0.39, 0.29) is 10.8 Å². The number of fused-ring (bicyclic) bond motifs is 3. The third kappa shape index (κ3) is 6.41. The van der Waals surface area contributed by atoms with Crippen molar-refractivity contribution >= 4 is 21.8 Å². The van der Waals surface area contributed by atoms with Gasteiger partial charge in [0.1, 0.15) is 17.3 Å². The molecule has 0 saturated carbocycles. The number of aryl methyl sites for hydroxylation is 1. The number of benzene rings is 3. The quantitative estimate of drug-likeness (QED) is 0.165. The Hall–Kier alpha value is -4.64. The van der Waals surface area contributed by atoms with Crippen molar-refractivity contribution in [2.24, 2.45) is 5.92 Å². The zero-order valence-corrected chi connectivity index (χ0v) is 32.4. The van der Waals surface area contributed by atoms with Crippen molar-refractivity contribution in [3.05, 3.63) is 119 Å². The molecule has 0 fully saturated rings. The molecule has 0 aliphatic heterocycles. The van der Waals surface area contributed by atoms with Crippen molar-refractivity contribution in [2.75, 3.05) is 0 Å². The third-order valence-corrected chi connectivity index (χ3v) is 10.8. The van der Waals surface area contributed by atoms with Gasteiger partial charge in [0, 0.05) is 46.0 Å². The fourth-order valence-electron chi connectivity index (χ4n) is 8.17. The standard InChI is InChI=1S/C46H54N4O/c1-28(2)32-23-34(50-44(46(9,10)11)43(31(5)48-50)42-29(3)15-14-16-30(42)4)26-36(24-32)51-35-19-20-38-37-17-12-13-18-39(37)49(40(38)27-35)41-25-33(21-22-47-41)45(6,7)8/h12-13,15,17-28,30,42H,14,16H2,1-11H3/t30-,42?/m0/s1. The summed E-state index contributed by atoms with van der Waals surface area (Å²) in [6.45, 7) is 25.1. The molecule has 51 heavy (non-hydrogen) atoms. The number of aromatic nitrogens is 4. The maximum atomic E-state index is 6.83. The Balaban J connectivity index is 1.36. The van der Waals surface area contributed by atoms with Gasteiger partial charge >= 0.3 is 0 Å². The number of para-hydroxylation sites is 1. The lowest BCUT2D eigenvalue weighted by Gasteiger charge is -2.32. The summed E-state index contributed by atoms with van der Waals surface area (Å²) in [5.41, 5.74) is 10.9. The van der Waals surface area contributed by atoms with Gasteiger partial charge in [-0.05, 0) is 97.5 Å². The van der Waals surface area contributed by atoms with Gasteiger partial charge in [-0.3, -0.25) is 4.57 Å². The number of pyridine rings is 1. The summed E-state index contributed by atoms with van der Waals surface area (Å²) in [6, 6.07) is 26.0. The van der Waals surface area contributed by atoms with E-state index in [0.29, 0.717) is 17.8 Å². The molecule has 1 unspecified atom stereocenters. The first-order valence-electron chi connectivity index (χ1n) is 18.7. The minimum absolute atomic E-state index is 0.00871. The van der Waals surface area contributed by atoms with Crippen LogP contribution in [0.3, 0.4) is 0 Å². The zero-order valence-electron chi connectivity index (χ0n) is 32.4. The predicted molar refractivity (Wildman–Crippen MR) is 213 cm³/mol. The zero-order chi connectivity index (χ0) is 36.4. The largest absolute Gasteiger partial charge is 0.457 e. The van der Waals surface area contributed by atoms with E-state index in [1.54, 1.807) is 0 Å². The van der Waals surface area contributed by atoms with Crippen molar-refractivity contribution in [1.29, 1.82) is 0 Å². The van der Waals surface area contributed by atoms with E-state index in [9.17, 15) is 0 Å². The van der Waals surface area contributed by atoms with Crippen LogP contribution in [0.25, 0.3) is 33.3 Å². The number of rotatable bonds is 6. The van der Waals surface area contributed by atoms with E-state index in [4.69, 9.17) is 14.8 Å². The summed E-state index contributed by atoms with van der Waals surface area (Å²) in [5, 5.41) is 7.67. The second-order valence-electron chi connectivity index (χ2n) is 17.2. The van der Waals surface area contributed by atoms with Crippen molar-refractivity contribution in [1.82, 2.24) is 19.3 Å². The summed E-state index contributed by atoms with van der Waals surface area (Å²) < 4.78 is 11.3. The molecular formula is C46H54N4O. The van der Waals surface area contributed by atoms with Crippen molar-refractivity contribution in [3.8, 4) is 23.0 Å². The molecule has 0 N–H and O–H groups in total. The monoisotopic (exact) mass is 678 g/mol. The Bertz CT molecular complexity index is 2280. The van der Waals surface area contributed by atoms with Crippen LogP contribution in [-0.2, 0) is 10.8 Å². The van der Waals surface area contributed by atoms with Crippen LogP contribution in [0.2, 0.25) is 0 Å². The van der Waals surface area contributed by atoms with Gasteiger partial charge in [-0.25, -0.2) is 9.67 Å². The molecule has 3 aromatic heterocycles. The van der Waals surface area contributed by atoms with Crippen LogP contribution in [0, 0.1) is 12.8 Å². The maximum absolute atomic E-state index is 6.83. The molecule has 5 nitrogen and oxygen atoms in total. The Morgan fingerprint density at radius 1 is 0.804 bits per heavy atom. The van der Waals surface area contributed by atoms with Gasteiger partial charge in [0.15, 0.2) is 0 Å². The molecular weight excluding hydrogens is 625 g/mol. The van der Waals surface area contributed by atoms with Crippen LogP contribution in [0.5, 0.6) is 11.5 Å². The van der Waals surface area contributed by atoms with Gasteiger partial charge in [-0.15, -0.1) is 0 Å². The molecule has 0 bridgehead atoms. The van der Waals surface area contributed by atoms with Gasteiger partial charge in [-0.2, -0.15) is 5.10 Å².